The first-order chi connectivity index (χ1) is 16.4. The molecule has 0 radical (unpaired) electrons. The standard InChI is InChI=1S/C18H17N7O5S4/c19-17-22-9(5-32-17)10(24-30-8-1-2-8)13(26)23-11-14(27)25-12(16(28)29)7(3-31-15(11)25)4-33-18-20-6-21-34-18/h5-6,8,11,15H,1-4H2,(H2,19,22)(H,23,26)(H,28,29)/t11-,15-/m1/s1. The van der Waals surface area contributed by atoms with E-state index in [2.05, 4.69) is 24.8 Å². The topological polar surface area (TPSA) is 173 Å². The quantitative estimate of drug-likeness (QED) is 0.179. The summed E-state index contributed by atoms with van der Waals surface area (Å²) in [5, 5.41) is 17.7. The number of aliphatic carboxylic acids is 1. The first-order valence-electron chi connectivity index (χ1n) is 9.98. The molecule has 1 saturated heterocycles. The van der Waals surface area contributed by atoms with E-state index in [1.165, 1.54) is 46.3 Å². The van der Waals surface area contributed by atoms with Gasteiger partial charge in [0, 0.05) is 16.9 Å². The molecule has 1 saturated carbocycles. The van der Waals surface area contributed by atoms with Gasteiger partial charge in [0.05, 0.1) is 0 Å². The van der Waals surface area contributed by atoms with Gasteiger partial charge in [0.1, 0.15) is 35.2 Å². The summed E-state index contributed by atoms with van der Waals surface area (Å²) in [6.07, 6.45) is 3.12. The van der Waals surface area contributed by atoms with Crippen LogP contribution >= 0.6 is 46.4 Å². The van der Waals surface area contributed by atoms with Crippen LogP contribution in [0, 0.1) is 0 Å². The Labute approximate surface area is 209 Å². The molecule has 4 N–H and O–H groups in total. The number of thioether (sulfide) groups is 2. The van der Waals surface area contributed by atoms with Crippen LogP contribution in [0.25, 0.3) is 0 Å². The summed E-state index contributed by atoms with van der Waals surface area (Å²) in [6, 6.07) is -0.897. The fourth-order valence-electron chi connectivity index (χ4n) is 3.28. The van der Waals surface area contributed by atoms with E-state index in [4.69, 9.17) is 10.6 Å². The summed E-state index contributed by atoms with van der Waals surface area (Å²) in [6.45, 7) is 0. The number of anilines is 1. The van der Waals surface area contributed by atoms with Crippen LogP contribution in [-0.4, -0.2) is 76.9 Å². The van der Waals surface area contributed by atoms with Crippen molar-refractivity contribution in [1.29, 1.82) is 0 Å². The van der Waals surface area contributed by atoms with Crippen LogP contribution in [0.2, 0.25) is 0 Å². The highest BCUT2D eigenvalue weighted by molar-refractivity contribution is 8.01. The van der Waals surface area contributed by atoms with Crippen molar-refractivity contribution in [2.75, 3.05) is 17.2 Å². The van der Waals surface area contributed by atoms with Crippen molar-refractivity contribution < 1.29 is 24.3 Å². The number of hydrogen-bond acceptors (Lipinski definition) is 13. The Morgan fingerprint density at radius 2 is 2.24 bits per heavy atom. The largest absolute Gasteiger partial charge is 0.477 e. The number of amides is 2. The van der Waals surface area contributed by atoms with Gasteiger partial charge in [-0.2, -0.15) is 4.37 Å². The van der Waals surface area contributed by atoms with Gasteiger partial charge in [0.15, 0.2) is 15.2 Å². The molecule has 2 amide bonds. The Hall–Kier alpha value is -2.69. The lowest BCUT2D eigenvalue weighted by Crippen LogP contribution is -2.71. The van der Waals surface area contributed by atoms with Crippen LogP contribution in [-0.2, 0) is 19.2 Å². The number of carbonyl (C=O) groups excluding carboxylic acids is 2. The lowest BCUT2D eigenvalue weighted by atomic mass is 10.0. The average molecular weight is 540 g/mol. The molecule has 2 atom stereocenters. The van der Waals surface area contributed by atoms with E-state index < -0.39 is 29.2 Å². The summed E-state index contributed by atoms with van der Waals surface area (Å²) in [7, 11) is 0. The zero-order valence-electron chi connectivity index (χ0n) is 17.2. The number of carboxylic acids is 1. The fourth-order valence-corrected chi connectivity index (χ4v) is 6.76. The van der Waals surface area contributed by atoms with E-state index >= 15 is 0 Å². The smallest absolute Gasteiger partial charge is 0.352 e. The molecule has 34 heavy (non-hydrogen) atoms. The number of carboxylic acid groups (broad SMARTS) is 1. The summed E-state index contributed by atoms with van der Waals surface area (Å²) >= 11 is 5.13. The van der Waals surface area contributed by atoms with E-state index in [1.54, 1.807) is 5.38 Å². The predicted molar refractivity (Wildman–Crippen MR) is 127 cm³/mol. The molecule has 178 valence electrons. The molecular formula is C18H17N7O5S4. The number of oxime groups is 1. The molecule has 3 aliphatic rings. The van der Waals surface area contributed by atoms with Crippen molar-refractivity contribution in [2.45, 2.75) is 34.7 Å². The van der Waals surface area contributed by atoms with Crippen LogP contribution in [0.5, 0.6) is 0 Å². The number of nitrogens with two attached hydrogens (primary N) is 1. The second kappa shape index (κ2) is 9.52. The molecule has 2 aliphatic heterocycles. The minimum atomic E-state index is -1.19. The summed E-state index contributed by atoms with van der Waals surface area (Å²) in [4.78, 5) is 52.7. The van der Waals surface area contributed by atoms with Gasteiger partial charge in [-0.15, -0.1) is 23.1 Å². The van der Waals surface area contributed by atoms with Gasteiger partial charge in [-0.1, -0.05) is 16.9 Å². The molecule has 0 bridgehead atoms. The number of fused-ring (bicyclic) bond motifs is 1. The Morgan fingerprint density at radius 3 is 2.88 bits per heavy atom. The van der Waals surface area contributed by atoms with Gasteiger partial charge in [-0.25, -0.2) is 14.8 Å². The summed E-state index contributed by atoms with van der Waals surface area (Å²) in [5.74, 6) is -1.54. The van der Waals surface area contributed by atoms with Crippen LogP contribution in [0.1, 0.15) is 18.5 Å². The molecule has 1 aliphatic carbocycles. The molecule has 2 aromatic rings. The van der Waals surface area contributed by atoms with Crippen LogP contribution < -0.4 is 11.1 Å². The zero-order chi connectivity index (χ0) is 23.8. The fraction of sp³-hybridized carbons (Fsp3) is 0.389. The second-order valence-electron chi connectivity index (χ2n) is 7.43. The Bertz CT molecular complexity index is 1190. The van der Waals surface area contributed by atoms with E-state index in [1.807, 2.05) is 0 Å². The maximum Gasteiger partial charge on any atom is 0.352 e. The Kier molecular flexibility index (Phi) is 6.46. The third-order valence-corrected chi connectivity index (χ3v) is 8.94. The number of thiazole rings is 1. The number of aromatic nitrogens is 3. The van der Waals surface area contributed by atoms with E-state index in [0.717, 1.165) is 24.2 Å². The number of carbonyl (C=O) groups is 3. The highest BCUT2D eigenvalue weighted by Gasteiger charge is 2.54. The molecule has 16 heteroatoms. The predicted octanol–water partition coefficient (Wildman–Crippen LogP) is 0.991. The van der Waals surface area contributed by atoms with Crippen molar-refractivity contribution in [3.63, 3.8) is 0 Å². The van der Waals surface area contributed by atoms with Gasteiger partial charge in [0.25, 0.3) is 11.8 Å². The van der Waals surface area contributed by atoms with Crippen molar-refractivity contribution in [3.05, 3.63) is 28.7 Å². The first kappa shape index (κ1) is 23.1. The highest BCUT2D eigenvalue weighted by Crippen LogP contribution is 2.41. The van der Waals surface area contributed by atoms with E-state index in [9.17, 15) is 19.5 Å². The van der Waals surface area contributed by atoms with Crippen molar-refractivity contribution >= 4 is 75.0 Å². The van der Waals surface area contributed by atoms with Crippen molar-refractivity contribution in [1.82, 2.24) is 24.6 Å². The van der Waals surface area contributed by atoms with Gasteiger partial charge < -0.3 is 21.0 Å². The van der Waals surface area contributed by atoms with E-state index in [-0.39, 0.29) is 28.3 Å². The monoisotopic (exact) mass is 539 g/mol. The average Bonchev–Trinajstić information content (AvgIpc) is 3.30. The lowest BCUT2D eigenvalue weighted by molar-refractivity contribution is -0.150. The van der Waals surface area contributed by atoms with Crippen molar-refractivity contribution in [3.8, 4) is 0 Å². The molecule has 0 spiro atoms. The number of nitrogens with one attached hydrogen (secondary N) is 1. The van der Waals surface area contributed by atoms with Gasteiger partial charge in [-0.05, 0) is 29.9 Å². The number of β-lactam (4-membered cyclic amide) rings is 1. The molecule has 2 fully saturated rings. The van der Waals surface area contributed by atoms with Gasteiger partial charge in [-0.3, -0.25) is 14.5 Å². The number of rotatable bonds is 9. The molecule has 4 heterocycles. The second-order valence-corrected chi connectivity index (χ2v) is 11.4. The molecular weight excluding hydrogens is 523 g/mol. The van der Waals surface area contributed by atoms with Crippen LogP contribution in [0.4, 0.5) is 5.13 Å². The third-order valence-electron chi connectivity index (χ3n) is 5.04. The number of nitrogen functional groups attached to an aromatic ring is 1. The van der Waals surface area contributed by atoms with Gasteiger partial charge in [0.2, 0.25) is 0 Å². The summed E-state index contributed by atoms with van der Waals surface area (Å²) in [5.41, 5.74) is 6.44. The minimum Gasteiger partial charge on any atom is -0.477 e. The Morgan fingerprint density at radius 1 is 1.41 bits per heavy atom. The number of hydrogen-bond donors (Lipinski definition) is 3. The molecule has 5 rings (SSSR count). The first-order valence-corrected chi connectivity index (χ1v) is 13.7. The van der Waals surface area contributed by atoms with Crippen molar-refractivity contribution in [2.24, 2.45) is 5.16 Å². The normalized spacial score (nSPS) is 22.3. The highest BCUT2D eigenvalue weighted by atomic mass is 32.2. The molecule has 2 aromatic heterocycles. The maximum atomic E-state index is 13.0. The zero-order valence-corrected chi connectivity index (χ0v) is 20.5. The number of nitrogens with zero attached hydrogens (tertiary/aromatic N) is 5. The molecule has 12 nitrogen and oxygen atoms in total. The minimum absolute atomic E-state index is 0.0341. The molecule has 0 aromatic carbocycles. The van der Waals surface area contributed by atoms with Gasteiger partial charge >= 0.3 is 5.97 Å². The Balaban J connectivity index is 1.31. The molecule has 0 unspecified atom stereocenters. The third kappa shape index (κ3) is 4.62. The van der Waals surface area contributed by atoms with Crippen LogP contribution in [0.15, 0.2) is 32.5 Å². The van der Waals surface area contributed by atoms with Crippen LogP contribution in [0.3, 0.4) is 0 Å². The SMILES string of the molecule is Nc1nc(C(=NOC2CC2)C(=O)N[C@@H]2C(=O)N3C(C(=O)O)=C(CSc4ncns4)CS[C@H]23)cs1. The summed E-state index contributed by atoms with van der Waals surface area (Å²) < 4.78 is 4.64. The van der Waals surface area contributed by atoms with E-state index in [0.29, 0.717) is 21.4 Å². The maximum absolute atomic E-state index is 13.0. The lowest BCUT2D eigenvalue weighted by Gasteiger charge is -2.49.